The van der Waals surface area contributed by atoms with Crippen molar-refractivity contribution < 1.29 is 23.6 Å². The van der Waals surface area contributed by atoms with E-state index in [-0.39, 0.29) is 55.3 Å². The van der Waals surface area contributed by atoms with Gasteiger partial charge in [0.15, 0.2) is 0 Å². The van der Waals surface area contributed by atoms with Crippen LogP contribution in [0.1, 0.15) is 37.0 Å². The van der Waals surface area contributed by atoms with E-state index in [2.05, 4.69) is 5.32 Å². The molecule has 1 unspecified atom stereocenters. The van der Waals surface area contributed by atoms with Crippen molar-refractivity contribution in [3.8, 4) is 0 Å². The number of nitrogens with one attached hydrogen (secondary N) is 1. The number of carbonyl (C=O) groups is 4. The molecule has 0 aromatic heterocycles. The van der Waals surface area contributed by atoms with Crippen LogP contribution in [-0.4, -0.2) is 65.3 Å². The van der Waals surface area contributed by atoms with Gasteiger partial charge in [-0.1, -0.05) is 38.1 Å². The van der Waals surface area contributed by atoms with Crippen LogP contribution in [0.5, 0.6) is 0 Å². The zero-order valence-electron chi connectivity index (χ0n) is 20.0. The molecule has 2 aromatic carbocycles. The largest absolute Gasteiger partial charge is 0.341 e. The molecule has 2 saturated heterocycles. The Morgan fingerprint density at radius 1 is 1.00 bits per heavy atom. The quantitative estimate of drug-likeness (QED) is 0.666. The maximum Gasteiger partial charge on any atom is 0.331 e. The average Bonchev–Trinajstić information content (AvgIpc) is 3.03. The first kappa shape index (κ1) is 24.4. The highest BCUT2D eigenvalue weighted by Crippen LogP contribution is 2.40. The Morgan fingerprint density at radius 2 is 1.66 bits per heavy atom. The molecule has 8 nitrogen and oxygen atoms in total. The molecule has 2 aliphatic rings. The topological polar surface area (TPSA) is 90.0 Å². The first-order valence-electron chi connectivity index (χ1n) is 11.7. The standard InChI is InChI=1S/C26H29FN4O4/c1-17(2)21(28-22(32)18-8-7-9-19(27)16-18)23(33)30-14-12-26(13-15-30)24(34)29(3)25(35)31(26)20-10-5-4-6-11-20/h4-11,16-17,21H,12-15H2,1-3H3,(H,28,32). The molecule has 35 heavy (non-hydrogen) atoms. The number of benzene rings is 2. The van der Waals surface area contributed by atoms with Gasteiger partial charge in [-0.25, -0.2) is 9.18 Å². The van der Waals surface area contributed by atoms with E-state index >= 15 is 0 Å². The van der Waals surface area contributed by atoms with Crippen LogP contribution >= 0.6 is 0 Å². The average molecular weight is 481 g/mol. The van der Waals surface area contributed by atoms with E-state index in [4.69, 9.17) is 0 Å². The summed E-state index contributed by atoms with van der Waals surface area (Å²) in [5.41, 5.74) is -0.280. The van der Waals surface area contributed by atoms with Crippen LogP contribution in [0, 0.1) is 11.7 Å². The number of carbonyl (C=O) groups excluding carboxylic acids is 4. The predicted octanol–water partition coefficient (Wildman–Crippen LogP) is 3.04. The number of nitrogens with zero attached hydrogens (tertiary/aromatic N) is 3. The summed E-state index contributed by atoms with van der Waals surface area (Å²) in [5, 5.41) is 2.74. The van der Waals surface area contributed by atoms with Crippen LogP contribution in [0.25, 0.3) is 0 Å². The number of halogens is 1. The Labute approximate surface area is 203 Å². The number of piperidine rings is 1. The van der Waals surface area contributed by atoms with Crippen molar-refractivity contribution in [2.75, 3.05) is 25.0 Å². The molecular formula is C26H29FN4O4. The summed E-state index contributed by atoms with van der Waals surface area (Å²) in [6.07, 6.45) is 0.566. The summed E-state index contributed by atoms with van der Waals surface area (Å²) >= 11 is 0. The number of urea groups is 1. The Hall–Kier alpha value is -3.75. The third-order valence-electron chi connectivity index (χ3n) is 6.83. The van der Waals surface area contributed by atoms with Gasteiger partial charge < -0.3 is 10.2 Å². The monoisotopic (exact) mass is 480 g/mol. The summed E-state index contributed by atoms with van der Waals surface area (Å²) in [6, 6.07) is 13.2. The number of anilines is 1. The highest BCUT2D eigenvalue weighted by Gasteiger charge is 2.58. The van der Waals surface area contributed by atoms with Crippen molar-refractivity contribution in [2.45, 2.75) is 38.3 Å². The normalized spacial score (nSPS) is 18.4. The van der Waals surface area contributed by atoms with Crippen molar-refractivity contribution in [1.82, 2.24) is 15.1 Å². The third-order valence-corrected chi connectivity index (χ3v) is 6.83. The van der Waals surface area contributed by atoms with Crippen molar-refractivity contribution in [3.05, 3.63) is 66.0 Å². The number of likely N-dealkylation sites (N-methyl/N-ethyl adjacent to an activating group) is 1. The van der Waals surface area contributed by atoms with Gasteiger partial charge in [0.2, 0.25) is 5.91 Å². The Balaban J connectivity index is 1.51. The molecule has 9 heteroatoms. The molecule has 2 aromatic rings. The van der Waals surface area contributed by atoms with E-state index in [1.165, 1.54) is 25.2 Å². The molecule has 184 valence electrons. The van der Waals surface area contributed by atoms with Crippen LogP contribution in [0.4, 0.5) is 14.9 Å². The molecular weight excluding hydrogens is 451 g/mol. The molecule has 0 radical (unpaired) electrons. The Bertz CT molecular complexity index is 1150. The summed E-state index contributed by atoms with van der Waals surface area (Å²) in [7, 11) is 1.48. The third kappa shape index (κ3) is 4.38. The van der Waals surface area contributed by atoms with Gasteiger partial charge in [0.05, 0.1) is 0 Å². The number of rotatable bonds is 5. The lowest BCUT2D eigenvalue weighted by Crippen LogP contribution is -2.60. The van der Waals surface area contributed by atoms with E-state index in [9.17, 15) is 23.6 Å². The summed E-state index contributed by atoms with van der Waals surface area (Å²) < 4.78 is 13.5. The molecule has 1 spiro atoms. The molecule has 5 amide bonds. The second kappa shape index (κ2) is 9.48. The van der Waals surface area contributed by atoms with E-state index in [1.54, 1.807) is 21.9 Å². The molecule has 1 atom stereocenters. The molecule has 4 rings (SSSR count). The highest BCUT2D eigenvalue weighted by molar-refractivity contribution is 6.16. The Morgan fingerprint density at radius 3 is 2.26 bits per heavy atom. The number of amides is 5. The van der Waals surface area contributed by atoms with Gasteiger partial charge in [-0.3, -0.25) is 24.2 Å². The lowest BCUT2D eigenvalue weighted by molar-refractivity contribution is -0.139. The van der Waals surface area contributed by atoms with Gasteiger partial charge >= 0.3 is 6.03 Å². The molecule has 2 aliphatic heterocycles. The molecule has 0 bridgehead atoms. The first-order valence-corrected chi connectivity index (χ1v) is 11.7. The van der Waals surface area contributed by atoms with Crippen LogP contribution in [0.2, 0.25) is 0 Å². The van der Waals surface area contributed by atoms with Crippen molar-refractivity contribution in [2.24, 2.45) is 5.92 Å². The summed E-state index contributed by atoms with van der Waals surface area (Å²) in [6.45, 7) is 4.17. The Kier molecular flexibility index (Phi) is 6.60. The number of hydrogen-bond acceptors (Lipinski definition) is 4. The number of likely N-dealkylation sites (tertiary alicyclic amines) is 1. The summed E-state index contributed by atoms with van der Waals surface area (Å²) in [5.74, 6) is -1.82. The minimum Gasteiger partial charge on any atom is -0.341 e. The molecule has 0 saturated carbocycles. The lowest BCUT2D eigenvalue weighted by atomic mass is 9.85. The van der Waals surface area contributed by atoms with Crippen molar-refractivity contribution >= 4 is 29.4 Å². The fourth-order valence-electron chi connectivity index (χ4n) is 4.86. The van der Waals surface area contributed by atoms with Crippen molar-refractivity contribution in [1.29, 1.82) is 0 Å². The molecule has 2 fully saturated rings. The fraction of sp³-hybridized carbons (Fsp3) is 0.385. The van der Waals surface area contributed by atoms with Crippen LogP contribution in [0.3, 0.4) is 0 Å². The smallest absolute Gasteiger partial charge is 0.331 e. The SMILES string of the molecule is CC(C)C(NC(=O)c1cccc(F)c1)C(=O)N1CCC2(CC1)C(=O)N(C)C(=O)N2c1ccccc1. The van der Waals surface area contributed by atoms with Crippen LogP contribution in [0.15, 0.2) is 54.6 Å². The maximum absolute atomic E-state index is 13.5. The van der Waals surface area contributed by atoms with Gasteiger partial charge in [-0.15, -0.1) is 0 Å². The van der Waals surface area contributed by atoms with Crippen molar-refractivity contribution in [3.63, 3.8) is 0 Å². The lowest BCUT2D eigenvalue weighted by Gasteiger charge is -2.43. The van der Waals surface area contributed by atoms with Gasteiger partial charge in [0.1, 0.15) is 17.4 Å². The summed E-state index contributed by atoms with van der Waals surface area (Å²) in [4.78, 5) is 56.5. The van der Waals surface area contributed by atoms with E-state index in [0.717, 1.165) is 11.0 Å². The van der Waals surface area contributed by atoms with Gasteiger partial charge in [0.25, 0.3) is 11.8 Å². The first-order chi connectivity index (χ1) is 16.7. The highest BCUT2D eigenvalue weighted by atomic mass is 19.1. The zero-order chi connectivity index (χ0) is 25.3. The maximum atomic E-state index is 13.5. The van der Waals surface area contributed by atoms with Gasteiger partial charge in [0, 0.05) is 31.4 Å². The fourth-order valence-corrected chi connectivity index (χ4v) is 4.86. The van der Waals surface area contributed by atoms with Gasteiger partial charge in [-0.05, 0) is 49.1 Å². The second-order valence-corrected chi connectivity index (χ2v) is 9.38. The zero-order valence-corrected chi connectivity index (χ0v) is 20.0. The molecule has 1 N–H and O–H groups in total. The minimum absolute atomic E-state index is 0.137. The molecule has 0 aliphatic carbocycles. The number of imide groups is 1. The van der Waals surface area contributed by atoms with E-state index in [1.807, 2.05) is 32.0 Å². The molecule has 2 heterocycles. The second-order valence-electron chi connectivity index (χ2n) is 9.38. The van der Waals surface area contributed by atoms with Crippen LogP contribution < -0.4 is 10.2 Å². The van der Waals surface area contributed by atoms with E-state index in [0.29, 0.717) is 5.69 Å². The van der Waals surface area contributed by atoms with E-state index < -0.39 is 23.3 Å². The van der Waals surface area contributed by atoms with Crippen LogP contribution in [-0.2, 0) is 9.59 Å². The number of hydrogen-bond donors (Lipinski definition) is 1. The minimum atomic E-state index is -1.05. The predicted molar refractivity (Wildman–Crippen MR) is 128 cm³/mol. The number of para-hydroxylation sites is 1. The van der Waals surface area contributed by atoms with Gasteiger partial charge in [-0.2, -0.15) is 0 Å².